The van der Waals surface area contributed by atoms with E-state index in [-0.39, 0.29) is 18.0 Å². The van der Waals surface area contributed by atoms with E-state index < -0.39 is 5.91 Å². The number of rotatable bonds is 5. The fourth-order valence-electron chi connectivity index (χ4n) is 1.38. The van der Waals surface area contributed by atoms with Crippen LogP contribution in [0.2, 0.25) is 0 Å². The topological polar surface area (TPSA) is 82.0 Å². The van der Waals surface area contributed by atoms with E-state index in [1.165, 1.54) is 6.08 Å². The van der Waals surface area contributed by atoms with Gasteiger partial charge in [0, 0.05) is 6.54 Å². The normalized spacial score (nSPS) is 10.4. The Morgan fingerprint density at radius 2 is 1.95 bits per heavy atom. The molecular weight excluding hydrogens is 242 g/mol. The first kappa shape index (κ1) is 14.5. The number of hydrogen-bond donors (Lipinski definition) is 2. The summed E-state index contributed by atoms with van der Waals surface area (Å²) in [6.07, 6.45) is 1.48. The second kappa shape index (κ2) is 7.67. The Bertz CT molecular complexity index is 515. The molecule has 0 unspecified atom stereocenters. The van der Waals surface area contributed by atoms with E-state index in [1.807, 2.05) is 24.3 Å². The van der Waals surface area contributed by atoms with Crippen LogP contribution in [-0.2, 0) is 9.59 Å². The van der Waals surface area contributed by atoms with Crippen molar-refractivity contribution in [2.24, 2.45) is 0 Å². The molecule has 0 heterocycles. The van der Waals surface area contributed by atoms with Crippen LogP contribution in [0.4, 0.5) is 0 Å². The predicted molar refractivity (Wildman–Crippen MR) is 71.7 cm³/mol. The van der Waals surface area contributed by atoms with Crippen LogP contribution in [0.1, 0.15) is 12.5 Å². The van der Waals surface area contributed by atoms with Gasteiger partial charge in [0.2, 0.25) is 5.91 Å². The first-order valence-corrected chi connectivity index (χ1v) is 5.89. The summed E-state index contributed by atoms with van der Waals surface area (Å²) in [5.74, 6) is -0.842. The average Bonchev–Trinajstić information content (AvgIpc) is 2.43. The lowest BCUT2D eigenvalue weighted by molar-refractivity contribution is -0.124. The fourth-order valence-corrected chi connectivity index (χ4v) is 1.38. The van der Waals surface area contributed by atoms with Crippen LogP contribution < -0.4 is 10.6 Å². The first-order chi connectivity index (χ1) is 9.17. The van der Waals surface area contributed by atoms with Crippen LogP contribution in [-0.4, -0.2) is 24.9 Å². The van der Waals surface area contributed by atoms with Crippen molar-refractivity contribution < 1.29 is 9.59 Å². The summed E-state index contributed by atoms with van der Waals surface area (Å²) in [6, 6.07) is 10.9. The van der Waals surface area contributed by atoms with Crippen molar-refractivity contribution >= 4 is 17.9 Å². The number of benzene rings is 1. The Labute approximate surface area is 111 Å². The Morgan fingerprint density at radius 1 is 1.26 bits per heavy atom. The van der Waals surface area contributed by atoms with Crippen LogP contribution in [0.5, 0.6) is 0 Å². The number of amides is 2. The van der Waals surface area contributed by atoms with Crippen molar-refractivity contribution in [3.05, 3.63) is 41.5 Å². The lowest BCUT2D eigenvalue weighted by Crippen LogP contribution is -2.37. The Morgan fingerprint density at radius 3 is 2.53 bits per heavy atom. The zero-order valence-electron chi connectivity index (χ0n) is 10.6. The molecule has 0 spiro atoms. The molecule has 98 valence electrons. The number of nitrogens with zero attached hydrogens (tertiary/aromatic N) is 1. The molecule has 1 aromatic rings. The standard InChI is InChI=1S/C14H15N3O2/c1-2-16-13(18)10-17-14(19)12(9-15)8-11-6-4-3-5-7-11/h3-8H,2,10H2,1H3,(H,16,18)(H,17,19)/b12-8+. The summed E-state index contributed by atoms with van der Waals surface area (Å²) < 4.78 is 0. The first-order valence-electron chi connectivity index (χ1n) is 5.89. The van der Waals surface area contributed by atoms with Gasteiger partial charge in [-0.2, -0.15) is 5.26 Å². The smallest absolute Gasteiger partial charge is 0.262 e. The second-order valence-electron chi connectivity index (χ2n) is 3.72. The SMILES string of the molecule is CCNC(=O)CNC(=O)/C(C#N)=C/c1ccccc1. The van der Waals surface area contributed by atoms with Gasteiger partial charge in [-0.05, 0) is 18.6 Å². The molecule has 0 aliphatic carbocycles. The summed E-state index contributed by atoms with van der Waals surface area (Å²) in [4.78, 5) is 22.9. The third-order valence-electron chi connectivity index (χ3n) is 2.26. The van der Waals surface area contributed by atoms with Crippen molar-refractivity contribution in [2.75, 3.05) is 13.1 Å². The summed E-state index contributed by atoms with van der Waals surface area (Å²) in [5.41, 5.74) is 0.725. The molecule has 0 aliphatic rings. The molecule has 19 heavy (non-hydrogen) atoms. The van der Waals surface area contributed by atoms with Crippen LogP contribution in [0.15, 0.2) is 35.9 Å². The maximum absolute atomic E-state index is 11.7. The zero-order valence-corrected chi connectivity index (χ0v) is 10.6. The highest BCUT2D eigenvalue weighted by molar-refractivity contribution is 6.02. The van der Waals surface area contributed by atoms with E-state index in [0.717, 1.165) is 5.56 Å². The molecule has 1 rings (SSSR count). The molecule has 5 heteroatoms. The molecule has 5 nitrogen and oxygen atoms in total. The molecule has 2 N–H and O–H groups in total. The Hall–Kier alpha value is -2.61. The van der Waals surface area contributed by atoms with Crippen LogP contribution in [0.3, 0.4) is 0 Å². The minimum absolute atomic E-state index is 0.0319. The average molecular weight is 257 g/mol. The summed E-state index contributed by atoms with van der Waals surface area (Å²) >= 11 is 0. The zero-order chi connectivity index (χ0) is 14.1. The van der Waals surface area contributed by atoms with Crippen LogP contribution >= 0.6 is 0 Å². The quantitative estimate of drug-likeness (QED) is 0.606. The van der Waals surface area contributed by atoms with Gasteiger partial charge in [0.15, 0.2) is 0 Å². The van der Waals surface area contributed by atoms with Crippen molar-refractivity contribution in [3.63, 3.8) is 0 Å². The maximum Gasteiger partial charge on any atom is 0.262 e. The number of nitriles is 1. The number of hydrogen-bond acceptors (Lipinski definition) is 3. The fraction of sp³-hybridized carbons (Fsp3) is 0.214. The number of carbonyl (C=O) groups is 2. The lowest BCUT2D eigenvalue weighted by Gasteiger charge is -2.04. The van der Waals surface area contributed by atoms with Crippen LogP contribution in [0.25, 0.3) is 6.08 Å². The van der Waals surface area contributed by atoms with Crippen molar-refractivity contribution in [2.45, 2.75) is 6.92 Å². The van der Waals surface area contributed by atoms with Gasteiger partial charge in [-0.25, -0.2) is 0 Å². The highest BCUT2D eigenvalue weighted by Gasteiger charge is 2.10. The third-order valence-corrected chi connectivity index (χ3v) is 2.26. The van der Waals surface area contributed by atoms with E-state index in [4.69, 9.17) is 5.26 Å². The molecule has 0 saturated heterocycles. The van der Waals surface area contributed by atoms with Gasteiger partial charge in [-0.1, -0.05) is 30.3 Å². The van der Waals surface area contributed by atoms with E-state index in [1.54, 1.807) is 19.1 Å². The van der Waals surface area contributed by atoms with E-state index in [9.17, 15) is 9.59 Å². The number of nitrogens with one attached hydrogen (secondary N) is 2. The molecule has 0 aromatic heterocycles. The molecule has 0 bridgehead atoms. The molecule has 0 aliphatic heterocycles. The van der Waals surface area contributed by atoms with Gasteiger partial charge in [-0.15, -0.1) is 0 Å². The Balaban J connectivity index is 2.66. The predicted octanol–water partition coefficient (Wildman–Crippen LogP) is 0.846. The van der Waals surface area contributed by atoms with Gasteiger partial charge in [0.1, 0.15) is 11.6 Å². The number of carbonyl (C=O) groups excluding carboxylic acids is 2. The lowest BCUT2D eigenvalue weighted by atomic mass is 10.1. The maximum atomic E-state index is 11.7. The van der Waals surface area contributed by atoms with E-state index in [0.29, 0.717) is 6.54 Å². The van der Waals surface area contributed by atoms with Gasteiger partial charge in [0.05, 0.1) is 6.54 Å². The largest absolute Gasteiger partial charge is 0.355 e. The summed E-state index contributed by atoms with van der Waals surface area (Å²) in [7, 11) is 0. The monoisotopic (exact) mass is 257 g/mol. The van der Waals surface area contributed by atoms with Gasteiger partial charge in [0.25, 0.3) is 5.91 Å². The highest BCUT2D eigenvalue weighted by atomic mass is 16.2. The van der Waals surface area contributed by atoms with Crippen molar-refractivity contribution in [1.29, 1.82) is 5.26 Å². The Kier molecular flexibility index (Phi) is 5.83. The molecule has 1 aromatic carbocycles. The second-order valence-corrected chi connectivity index (χ2v) is 3.72. The van der Waals surface area contributed by atoms with Crippen molar-refractivity contribution in [3.8, 4) is 6.07 Å². The van der Waals surface area contributed by atoms with Gasteiger partial charge in [-0.3, -0.25) is 9.59 Å². The molecule has 0 radical (unpaired) electrons. The van der Waals surface area contributed by atoms with Crippen molar-refractivity contribution in [1.82, 2.24) is 10.6 Å². The molecule has 0 atom stereocenters. The highest BCUT2D eigenvalue weighted by Crippen LogP contribution is 2.05. The number of likely N-dealkylation sites (N-methyl/N-ethyl adjacent to an activating group) is 1. The molecule has 2 amide bonds. The van der Waals surface area contributed by atoms with Crippen LogP contribution in [0, 0.1) is 11.3 Å². The minimum atomic E-state index is -0.558. The summed E-state index contributed by atoms with van der Waals surface area (Å²) in [6.45, 7) is 2.15. The van der Waals surface area contributed by atoms with E-state index in [2.05, 4.69) is 10.6 Å². The third kappa shape index (κ3) is 5.04. The molecule has 0 saturated carbocycles. The van der Waals surface area contributed by atoms with Gasteiger partial charge >= 0.3 is 0 Å². The molecule has 0 fully saturated rings. The minimum Gasteiger partial charge on any atom is -0.355 e. The van der Waals surface area contributed by atoms with Gasteiger partial charge < -0.3 is 10.6 Å². The molecular formula is C14H15N3O2. The van der Waals surface area contributed by atoms with E-state index >= 15 is 0 Å². The summed E-state index contributed by atoms with van der Waals surface area (Å²) in [5, 5.41) is 13.9.